The van der Waals surface area contributed by atoms with Gasteiger partial charge in [-0.25, -0.2) is 27.2 Å². The highest BCUT2D eigenvalue weighted by atomic mass is 35.5. The molecule has 48 heavy (non-hydrogen) atoms. The molecule has 0 unspecified atom stereocenters. The molecule has 14 heteroatoms. The predicted octanol–water partition coefficient (Wildman–Crippen LogP) is 6.18. The van der Waals surface area contributed by atoms with Gasteiger partial charge in [0.25, 0.3) is 10.0 Å². The smallest absolute Gasteiger partial charge is 0.262 e. The molecule has 10 nitrogen and oxygen atoms in total. The van der Waals surface area contributed by atoms with E-state index in [2.05, 4.69) is 32.0 Å². The van der Waals surface area contributed by atoms with Crippen molar-refractivity contribution in [2.24, 2.45) is 5.92 Å². The van der Waals surface area contributed by atoms with Crippen LogP contribution in [0.2, 0.25) is 5.02 Å². The SMILES string of the molecule is COCCN(C)C[C@@H]1CC[C@@H](Nc2ncc3cc(-c4c(F)ccc(NS(=O)(=O)c5cc(Cl)cc6c5CC[C@H]6O)c4F)cc(OC)c3n2)C1. The summed E-state index contributed by atoms with van der Waals surface area (Å²) in [5, 5.41) is 14.3. The van der Waals surface area contributed by atoms with Crippen LogP contribution in [0.5, 0.6) is 5.75 Å². The Bertz CT molecular complexity index is 1950. The Morgan fingerprint density at radius 1 is 1.12 bits per heavy atom. The molecule has 3 N–H and O–H groups in total. The fraction of sp³-hybridized carbons (Fsp3) is 0.412. The standard InChI is InChI=1S/C34H38ClF2N5O5S/c1-42(10-11-46-2)18-19-4-5-23(12-19)39-34-38-17-21-13-20(14-29(47-3)33(21)40-34)31-26(36)7-8-27(32(31)37)41-48(44,45)30-16-22(35)15-25-24(30)6-9-28(25)43/h7-8,13-17,19,23,28,41,43H,4-6,9-12,18H2,1-3H3,(H,38,39,40)/t19-,23-,28-/m1/s1. The number of sulfonamides is 1. The molecule has 2 aliphatic carbocycles. The maximum atomic E-state index is 16.1. The molecule has 0 radical (unpaired) electrons. The minimum absolute atomic E-state index is 0.114. The Hall–Kier alpha value is -3.62. The van der Waals surface area contributed by atoms with E-state index in [-0.39, 0.29) is 27.3 Å². The lowest BCUT2D eigenvalue weighted by atomic mass is 10.0. The van der Waals surface area contributed by atoms with Crippen LogP contribution in [0.25, 0.3) is 22.0 Å². The van der Waals surface area contributed by atoms with E-state index in [0.29, 0.717) is 53.3 Å². The van der Waals surface area contributed by atoms with E-state index in [0.717, 1.165) is 44.5 Å². The minimum atomic E-state index is -4.36. The van der Waals surface area contributed by atoms with Gasteiger partial charge in [-0.2, -0.15) is 0 Å². The minimum Gasteiger partial charge on any atom is -0.494 e. The quantitative estimate of drug-likeness (QED) is 0.159. The number of aromatic nitrogens is 2. The van der Waals surface area contributed by atoms with Gasteiger partial charge < -0.3 is 24.8 Å². The number of aliphatic hydroxyl groups excluding tert-OH is 1. The summed E-state index contributed by atoms with van der Waals surface area (Å²) in [5.74, 6) is -0.755. The summed E-state index contributed by atoms with van der Waals surface area (Å²) in [6.45, 7) is 2.56. The van der Waals surface area contributed by atoms with E-state index < -0.39 is 39.0 Å². The highest BCUT2D eigenvalue weighted by Gasteiger charge is 2.31. The van der Waals surface area contributed by atoms with Crippen LogP contribution in [-0.2, 0) is 21.2 Å². The summed E-state index contributed by atoms with van der Waals surface area (Å²) in [5.41, 5.74) is 0.504. The molecule has 0 aliphatic heterocycles. The third kappa shape index (κ3) is 7.06. The number of halogens is 3. The van der Waals surface area contributed by atoms with Crippen LogP contribution < -0.4 is 14.8 Å². The zero-order valence-corrected chi connectivity index (χ0v) is 28.5. The van der Waals surface area contributed by atoms with E-state index >= 15 is 8.78 Å². The lowest BCUT2D eigenvalue weighted by Gasteiger charge is -2.20. The van der Waals surface area contributed by atoms with Crippen LogP contribution in [0, 0.1) is 17.6 Å². The van der Waals surface area contributed by atoms with Crippen molar-refractivity contribution < 1.29 is 31.8 Å². The van der Waals surface area contributed by atoms with Crippen molar-refractivity contribution in [3.05, 3.63) is 70.4 Å². The van der Waals surface area contributed by atoms with Crippen LogP contribution in [-0.4, -0.2) is 75.4 Å². The lowest BCUT2D eigenvalue weighted by molar-refractivity contribution is 0.152. The van der Waals surface area contributed by atoms with Gasteiger partial charge in [0.1, 0.15) is 17.1 Å². The third-order valence-electron chi connectivity index (χ3n) is 9.14. The molecule has 6 rings (SSSR count). The zero-order chi connectivity index (χ0) is 34.2. The highest BCUT2D eigenvalue weighted by molar-refractivity contribution is 7.92. The Balaban J connectivity index is 1.25. The van der Waals surface area contributed by atoms with Crippen molar-refractivity contribution in [2.45, 2.75) is 49.1 Å². The monoisotopic (exact) mass is 701 g/mol. The van der Waals surface area contributed by atoms with Crippen molar-refractivity contribution in [2.75, 3.05) is 51.0 Å². The molecule has 1 heterocycles. The van der Waals surface area contributed by atoms with Crippen molar-refractivity contribution in [3.8, 4) is 16.9 Å². The molecule has 4 aromatic rings. The normalized spacial score (nSPS) is 19.2. The second kappa shape index (κ2) is 14.1. The number of hydrogen-bond donors (Lipinski definition) is 3. The molecule has 2 aliphatic rings. The summed E-state index contributed by atoms with van der Waals surface area (Å²) >= 11 is 6.17. The summed E-state index contributed by atoms with van der Waals surface area (Å²) in [6, 6.07) is 8.01. The summed E-state index contributed by atoms with van der Waals surface area (Å²) in [7, 11) is 0.871. The Morgan fingerprint density at radius 2 is 1.94 bits per heavy atom. The first-order valence-corrected chi connectivity index (χ1v) is 17.6. The molecule has 3 aromatic carbocycles. The number of fused-ring (bicyclic) bond motifs is 2. The van der Waals surface area contributed by atoms with Crippen molar-refractivity contribution >= 4 is 44.2 Å². The fourth-order valence-corrected chi connectivity index (χ4v) is 8.46. The van der Waals surface area contributed by atoms with Crippen LogP contribution in [0.1, 0.15) is 42.9 Å². The van der Waals surface area contributed by atoms with Gasteiger partial charge in [0.15, 0.2) is 5.82 Å². The Kier molecular flexibility index (Phi) is 10.0. The van der Waals surface area contributed by atoms with Crippen LogP contribution in [0.15, 0.2) is 47.5 Å². The molecule has 256 valence electrons. The maximum Gasteiger partial charge on any atom is 0.262 e. The number of ether oxygens (including phenoxy) is 2. The Labute approximate surface area is 283 Å². The summed E-state index contributed by atoms with van der Waals surface area (Å²) < 4.78 is 71.3. The van der Waals surface area contributed by atoms with Gasteiger partial charge >= 0.3 is 0 Å². The number of benzene rings is 3. The molecule has 0 bridgehead atoms. The van der Waals surface area contributed by atoms with E-state index in [9.17, 15) is 13.5 Å². The highest BCUT2D eigenvalue weighted by Crippen LogP contribution is 2.40. The first kappa shape index (κ1) is 34.3. The number of methoxy groups -OCH3 is 2. The molecule has 3 atom stereocenters. The molecule has 1 saturated carbocycles. The van der Waals surface area contributed by atoms with Gasteiger partial charge in [0, 0.05) is 42.8 Å². The number of nitrogens with one attached hydrogen (secondary N) is 2. The van der Waals surface area contributed by atoms with Gasteiger partial charge in [-0.05, 0) is 98.2 Å². The van der Waals surface area contributed by atoms with Crippen LogP contribution >= 0.6 is 11.6 Å². The first-order chi connectivity index (χ1) is 23.0. The second-order valence-corrected chi connectivity index (χ2v) is 14.6. The Morgan fingerprint density at radius 3 is 2.71 bits per heavy atom. The van der Waals surface area contributed by atoms with Crippen LogP contribution in [0.4, 0.5) is 20.4 Å². The van der Waals surface area contributed by atoms with E-state index in [1.807, 2.05) is 0 Å². The molecule has 0 amide bonds. The van der Waals surface area contributed by atoms with Crippen molar-refractivity contribution in [1.29, 1.82) is 0 Å². The van der Waals surface area contributed by atoms with Crippen LogP contribution in [0.3, 0.4) is 0 Å². The largest absolute Gasteiger partial charge is 0.494 e. The average Bonchev–Trinajstić information content (AvgIpc) is 3.65. The number of hydrogen-bond acceptors (Lipinski definition) is 9. The van der Waals surface area contributed by atoms with Gasteiger partial charge in [-0.1, -0.05) is 11.6 Å². The average molecular weight is 702 g/mol. The molecular formula is C34H38ClF2N5O5S. The first-order valence-electron chi connectivity index (χ1n) is 15.8. The zero-order valence-electron chi connectivity index (χ0n) is 26.9. The van der Waals surface area contributed by atoms with Gasteiger partial charge in [-0.15, -0.1) is 0 Å². The number of nitrogens with zero attached hydrogens (tertiary/aromatic N) is 3. The molecule has 1 aromatic heterocycles. The number of aliphatic hydroxyl groups is 1. The topological polar surface area (TPSA) is 126 Å². The van der Waals surface area contributed by atoms with Gasteiger partial charge in [-0.3, -0.25) is 4.72 Å². The molecular weight excluding hydrogens is 664 g/mol. The van der Waals surface area contributed by atoms with E-state index in [1.54, 1.807) is 13.3 Å². The molecule has 0 spiro atoms. The molecule has 0 saturated heterocycles. The fourth-order valence-electron chi connectivity index (χ4n) is 6.78. The van der Waals surface area contributed by atoms with E-state index in [1.165, 1.54) is 31.4 Å². The summed E-state index contributed by atoms with van der Waals surface area (Å²) in [4.78, 5) is 11.3. The maximum absolute atomic E-state index is 16.1. The van der Waals surface area contributed by atoms with Gasteiger partial charge in [0.2, 0.25) is 5.95 Å². The number of anilines is 2. The van der Waals surface area contributed by atoms with Gasteiger partial charge in [0.05, 0.1) is 36.0 Å². The van der Waals surface area contributed by atoms with Crippen molar-refractivity contribution in [1.82, 2.24) is 14.9 Å². The third-order valence-corrected chi connectivity index (χ3v) is 10.8. The van der Waals surface area contributed by atoms with E-state index in [4.69, 9.17) is 21.1 Å². The predicted molar refractivity (Wildman–Crippen MR) is 181 cm³/mol. The summed E-state index contributed by atoms with van der Waals surface area (Å²) in [6.07, 6.45) is 4.43. The number of rotatable bonds is 12. The second-order valence-electron chi connectivity index (χ2n) is 12.5. The lowest BCUT2D eigenvalue weighted by Crippen LogP contribution is -2.28. The molecule has 1 fully saturated rings. The van der Waals surface area contributed by atoms with Crippen molar-refractivity contribution in [3.63, 3.8) is 0 Å². The number of likely N-dealkylation sites (N-methyl/N-ethyl adjacent to an activating group) is 1.